The Morgan fingerprint density at radius 3 is 2.20 bits per heavy atom. The van der Waals surface area contributed by atoms with Crippen LogP contribution in [0.4, 0.5) is 0 Å². The predicted molar refractivity (Wildman–Crippen MR) is 77.1 cm³/mol. The number of carboxylic acids is 1. The average Bonchev–Trinajstić information content (AvgIpc) is 2.39. The predicted octanol–water partition coefficient (Wildman–Crippen LogP) is 2.20. The van der Waals surface area contributed by atoms with E-state index in [1.165, 1.54) is 0 Å². The monoisotopic (exact) mass is 299 g/mol. The van der Waals surface area contributed by atoms with E-state index < -0.39 is 21.9 Å². The number of hydrogen-bond donors (Lipinski definition) is 2. The third kappa shape index (κ3) is 4.31. The summed E-state index contributed by atoms with van der Waals surface area (Å²) in [6, 6.07) is 6.63. The fourth-order valence-electron chi connectivity index (χ4n) is 1.73. The van der Waals surface area contributed by atoms with E-state index in [1.54, 1.807) is 31.2 Å². The zero-order valence-corrected chi connectivity index (χ0v) is 12.8. The normalized spacial score (nSPS) is 13.4. The van der Waals surface area contributed by atoms with Gasteiger partial charge in [0.15, 0.2) is 0 Å². The van der Waals surface area contributed by atoms with Crippen molar-refractivity contribution >= 4 is 16.0 Å². The molecule has 0 saturated carbocycles. The summed E-state index contributed by atoms with van der Waals surface area (Å²) in [6.07, 6.45) is 0.379. The highest BCUT2D eigenvalue weighted by Gasteiger charge is 2.20. The van der Waals surface area contributed by atoms with Crippen LogP contribution in [0.25, 0.3) is 0 Å². The summed E-state index contributed by atoms with van der Waals surface area (Å²) < 4.78 is 26.5. The molecule has 2 N–H and O–H groups in total. The molecule has 112 valence electrons. The molecule has 1 atom stereocenters. The molecule has 20 heavy (non-hydrogen) atoms. The van der Waals surface area contributed by atoms with Crippen LogP contribution in [0, 0.1) is 5.92 Å². The quantitative estimate of drug-likeness (QED) is 0.808. The minimum absolute atomic E-state index is 0.0971. The van der Waals surface area contributed by atoms with E-state index in [4.69, 9.17) is 5.11 Å². The average molecular weight is 299 g/mol. The molecule has 1 aromatic rings. The summed E-state index contributed by atoms with van der Waals surface area (Å²) in [4.78, 5) is 11.0. The van der Waals surface area contributed by atoms with Crippen LogP contribution in [0.2, 0.25) is 0 Å². The number of sulfonamides is 1. The third-order valence-corrected chi connectivity index (χ3v) is 4.66. The molecule has 0 aromatic heterocycles. The lowest BCUT2D eigenvalue weighted by atomic mass is 10.0. The second kappa shape index (κ2) is 6.85. The van der Waals surface area contributed by atoms with Gasteiger partial charge in [0.05, 0.1) is 10.8 Å². The Morgan fingerprint density at radius 1 is 1.25 bits per heavy atom. The molecule has 0 aliphatic rings. The largest absolute Gasteiger partial charge is 0.481 e. The topological polar surface area (TPSA) is 83.5 Å². The van der Waals surface area contributed by atoms with Crippen LogP contribution in [0.3, 0.4) is 0 Å². The van der Waals surface area contributed by atoms with Gasteiger partial charge in [-0.2, -0.15) is 0 Å². The van der Waals surface area contributed by atoms with Gasteiger partial charge in [-0.1, -0.05) is 32.9 Å². The maximum Gasteiger partial charge on any atom is 0.307 e. The van der Waals surface area contributed by atoms with Crippen LogP contribution in [0.1, 0.15) is 38.7 Å². The van der Waals surface area contributed by atoms with E-state index in [9.17, 15) is 13.2 Å². The van der Waals surface area contributed by atoms with Crippen molar-refractivity contribution in [1.82, 2.24) is 4.72 Å². The van der Waals surface area contributed by atoms with Crippen molar-refractivity contribution in [3.8, 4) is 0 Å². The number of benzene rings is 1. The van der Waals surface area contributed by atoms with Crippen molar-refractivity contribution in [2.45, 2.75) is 38.0 Å². The van der Waals surface area contributed by atoms with E-state index in [2.05, 4.69) is 4.72 Å². The van der Waals surface area contributed by atoms with E-state index >= 15 is 0 Å². The van der Waals surface area contributed by atoms with Crippen molar-refractivity contribution in [3.05, 3.63) is 29.8 Å². The molecular formula is C14H21NO4S. The number of aliphatic carboxylic acids is 1. The lowest BCUT2D eigenvalue weighted by Crippen LogP contribution is -2.32. The first kappa shape index (κ1) is 16.7. The van der Waals surface area contributed by atoms with Crippen LogP contribution in [-0.4, -0.2) is 26.0 Å². The molecule has 5 nitrogen and oxygen atoms in total. The van der Waals surface area contributed by atoms with E-state index in [0.29, 0.717) is 12.3 Å². The van der Waals surface area contributed by atoms with Gasteiger partial charge < -0.3 is 5.11 Å². The third-order valence-electron chi connectivity index (χ3n) is 3.22. The molecule has 0 heterocycles. The van der Waals surface area contributed by atoms with Gasteiger partial charge in [-0.15, -0.1) is 0 Å². The van der Waals surface area contributed by atoms with Gasteiger partial charge in [0, 0.05) is 6.54 Å². The number of nitrogens with one attached hydrogen (secondary N) is 1. The van der Waals surface area contributed by atoms with Crippen LogP contribution in [0.15, 0.2) is 29.2 Å². The molecule has 0 fully saturated rings. The fourth-order valence-corrected chi connectivity index (χ4v) is 2.81. The van der Waals surface area contributed by atoms with Crippen LogP contribution < -0.4 is 4.72 Å². The lowest BCUT2D eigenvalue weighted by molar-refractivity contribution is -0.141. The zero-order valence-electron chi connectivity index (χ0n) is 12.0. The summed E-state index contributed by atoms with van der Waals surface area (Å²) in [7, 11) is -3.65. The summed E-state index contributed by atoms with van der Waals surface area (Å²) >= 11 is 0. The first-order valence-electron chi connectivity index (χ1n) is 6.60. The van der Waals surface area contributed by atoms with Crippen molar-refractivity contribution in [2.75, 3.05) is 6.54 Å². The Morgan fingerprint density at radius 2 is 1.80 bits per heavy atom. The molecule has 0 amide bonds. The summed E-state index contributed by atoms with van der Waals surface area (Å²) in [5, 5.41) is 8.90. The molecule has 6 heteroatoms. The van der Waals surface area contributed by atoms with Crippen molar-refractivity contribution < 1.29 is 18.3 Å². The molecule has 0 saturated heterocycles. The molecule has 0 aliphatic carbocycles. The lowest BCUT2D eigenvalue weighted by Gasteiger charge is -2.12. The zero-order chi connectivity index (χ0) is 15.3. The van der Waals surface area contributed by atoms with Gasteiger partial charge >= 0.3 is 5.97 Å². The van der Waals surface area contributed by atoms with Crippen LogP contribution in [-0.2, 0) is 14.8 Å². The molecular weight excluding hydrogens is 278 g/mol. The van der Waals surface area contributed by atoms with E-state index in [1.807, 2.05) is 13.8 Å². The van der Waals surface area contributed by atoms with Crippen molar-refractivity contribution in [3.63, 3.8) is 0 Å². The maximum absolute atomic E-state index is 12.1. The summed E-state index contributed by atoms with van der Waals surface area (Å²) in [5.74, 6) is -1.37. The second-order valence-electron chi connectivity index (χ2n) is 5.02. The molecule has 0 spiro atoms. The number of carbonyl (C=O) groups is 1. The summed E-state index contributed by atoms with van der Waals surface area (Å²) in [5.41, 5.74) is 1.06. The SMILES string of the molecule is CCC(CNS(=O)(=O)c1ccc(C(C)C)cc1)C(=O)O. The highest BCUT2D eigenvalue weighted by atomic mass is 32.2. The Labute approximate surface area is 120 Å². The van der Waals surface area contributed by atoms with Crippen LogP contribution >= 0.6 is 0 Å². The Kier molecular flexibility index (Phi) is 5.71. The Bertz CT molecular complexity index is 549. The van der Waals surface area contributed by atoms with E-state index in [-0.39, 0.29) is 11.4 Å². The number of carboxylic acid groups (broad SMARTS) is 1. The van der Waals surface area contributed by atoms with Crippen molar-refractivity contribution in [1.29, 1.82) is 0 Å². The molecule has 0 bridgehead atoms. The fraction of sp³-hybridized carbons (Fsp3) is 0.500. The molecule has 0 radical (unpaired) electrons. The first-order chi connectivity index (χ1) is 9.27. The first-order valence-corrected chi connectivity index (χ1v) is 8.08. The van der Waals surface area contributed by atoms with Gasteiger partial charge in [-0.3, -0.25) is 4.79 Å². The van der Waals surface area contributed by atoms with Gasteiger partial charge in [-0.05, 0) is 30.0 Å². The second-order valence-corrected chi connectivity index (χ2v) is 6.79. The smallest absolute Gasteiger partial charge is 0.307 e. The Balaban J connectivity index is 2.81. The molecule has 0 aliphatic heterocycles. The number of rotatable bonds is 7. The maximum atomic E-state index is 12.1. The standard InChI is InChI=1S/C14H21NO4S/c1-4-11(14(16)17)9-15-20(18,19)13-7-5-12(6-8-13)10(2)3/h5-8,10-11,15H,4,9H2,1-3H3,(H,16,17). The van der Waals surface area contributed by atoms with Gasteiger partial charge in [0.1, 0.15) is 0 Å². The minimum Gasteiger partial charge on any atom is -0.481 e. The number of hydrogen-bond acceptors (Lipinski definition) is 3. The van der Waals surface area contributed by atoms with Crippen LogP contribution in [0.5, 0.6) is 0 Å². The van der Waals surface area contributed by atoms with E-state index in [0.717, 1.165) is 5.56 Å². The van der Waals surface area contributed by atoms with Gasteiger partial charge in [0.2, 0.25) is 10.0 Å². The minimum atomic E-state index is -3.65. The highest BCUT2D eigenvalue weighted by molar-refractivity contribution is 7.89. The Hall–Kier alpha value is -1.40. The van der Waals surface area contributed by atoms with Crippen molar-refractivity contribution in [2.24, 2.45) is 5.92 Å². The molecule has 1 rings (SSSR count). The van der Waals surface area contributed by atoms with Gasteiger partial charge in [-0.25, -0.2) is 13.1 Å². The highest BCUT2D eigenvalue weighted by Crippen LogP contribution is 2.17. The summed E-state index contributed by atoms with van der Waals surface area (Å²) in [6.45, 7) is 5.67. The molecule has 1 unspecified atom stereocenters. The molecule has 1 aromatic carbocycles. The van der Waals surface area contributed by atoms with Gasteiger partial charge in [0.25, 0.3) is 0 Å².